The highest BCUT2D eigenvalue weighted by molar-refractivity contribution is 6.03. The SMILES string of the molecule is Cc1ccc(C(O)c2cc(C)c3c(c2)C(C)C(=O)N3)cc1. The number of aliphatic hydroxyl groups excluding tert-OH is 1. The van der Waals surface area contributed by atoms with Crippen molar-refractivity contribution in [3.05, 3.63) is 64.2 Å². The lowest BCUT2D eigenvalue weighted by atomic mass is 9.93. The van der Waals surface area contributed by atoms with Gasteiger partial charge in [0.2, 0.25) is 5.91 Å². The summed E-state index contributed by atoms with van der Waals surface area (Å²) in [6.07, 6.45) is -0.669. The van der Waals surface area contributed by atoms with Gasteiger partial charge in [0.05, 0.1) is 5.92 Å². The van der Waals surface area contributed by atoms with Gasteiger partial charge in [0.15, 0.2) is 0 Å². The van der Waals surface area contributed by atoms with Gasteiger partial charge in [-0.3, -0.25) is 4.79 Å². The van der Waals surface area contributed by atoms with Crippen LogP contribution in [0.4, 0.5) is 5.69 Å². The highest BCUT2D eigenvalue weighted by atomic mass is 16.3. The Morgan fingerprint density at radius 2 is 1.76 bits per heavy atom. The lowest BCUT2D eigenvalue weighted by molar-refractivity contribution is -0.116. The first kappa shape index (κ1) is 13.8. The topological polar surface area (TPSA) is 49.3 Å². The van der Waals surface area contributed by atoms with Crippen LogP contribution in [0.15, 0.2) is 36.4 Å². The van der Waals surface area contributed by atoms with E-state index in [2.05, 4.69) is 5.32 Å². The Bertz CT molecular complexity index is 704. The summed E-state index contributed by atoms with van der Waals surface area (Å²) in [6.45, 7) is 5.87. The molecule has 2 unspecified atom stereocenters. The fourth-order valence-corrected chi connectivity index (χ4v) is 2.83. The highest BCUT2D eigenvalue weighted by Crippen LogP contribution is 2.37. The molecule has 1 heterocycles. The van der Waals surface area contributed by atoms with Gasteiger partial charge in [-0.2, -0.15) is 0 Å². The number of hydrogen-bond acceptors (Lipinski definition) is 2. The number of aliphatic hydroxyl groups is 1. The van der Waals surface area contributed by atoms with Crippen molar-refractivity contribution in [2.45, 2.75) is 32.8 Å². The molecule has 0 saturated heterocycles. The first-order valence-electron chi connectivity index (χ1n) is 7.17. The molecule has 3 nitrogen and oxygen atoms in total. The van der Waals surface area contributed by atoms with Crippen molar-refractivity contribution in [2.75, 3.05) is 5.32 Å². The highest BCUT2D eigenvalue weighted by Gasteiger charge is 2.29. The van der Waals surface area contributed by atoms with Gasteiger partial charge in [0, 0.05) is 5.69 Å². The summed E-state index contributed by atoms with van der Waals surface area (Å²) in [5, 5.41) is 13.5. The van der Waals surface area contributed by atoms with Crippen LogP contribution in [0.3, 0.4) is 0 Å². The number of hydrogen-bond donors (Lipinski definition) is 2. The molecule has 1 aliphatic rings. The maximum absolute atomic E-state index is 11.8. The number of benzene rings is 2. The summed E-state index contributed by atoms with van der Waals surface area (Å²) < 4.78 is 0. The van der Waals surface area contributed by atoms with E-state index >= 15 is 0 Å². The largest absolute Gasteiger partial charge is 0.384 e. The van der Waals surface area contributed by atoms with Crippen LogP contribution in [0.25, 0.3) is 0 Å². The molecule has 2 aromatic rings. The van der Waals surface area contributed by atoms with Crippen molar-refractivity contribution in [3.63, 3.8) is 0 Å². The fourth-order valence-electron chi connectivity index (χ4n) is 2.83. The molecule has 2 N–H and O–H groups in total. The smallest absolute Gasteiger partial charge is 0.231 e. The Hall–Kier alpha value is -2.13. The van der Waals surface area contributed by atoms with E-state index < -0.39 is 6.10 Å². The summed E-state index contributed by atoms with van der Waals surface area (Å²) in [7, 11) is 0. The van der Waals surface area contributed by atoms with E-state index in [1.165, 1.54) is 5.56 Å². The van der Waals surface area contributed by atoms with Gasteiger partial charge in [0.1, 0.15) is 6.10 Å². The molecule has 1 aliphatic heterocycles. The molecule has 0 spiro atoms. The second-order valence-electron chi connectivity index (χ2n) is 5.83. The monoisotopic (exact) mass is 281 g/mol. The molecule has 0 aromatic heterocycles. The minimum atomic E-state index is -0.669. The van der Waals surface area contributed by atoms with E-state index in [1.54, 1.807) is 0 Å². The molecule has 108 valence electrons. The number of fused-ring (bicyclic) bond motifs is 1. The van der Waals surface area contributed by atoms with E-state index in [4.69, 9.17) is 0 Å². The van der Waals surface area contributed by atoms with Gasteiger partial charge in [0.25, 0.3) is 0 Å². The average molecular weight is 281 g/mol. The number of nitrogens with one attached hydrogen (secondary N) is 1. The van der Waals surface area contributed by atoms with Gasteiger partial charge in [-0.05, 0) is 49.1 Å². The van der Waals surface area contributed by atoms with Crippen molar-refractivity contribution in [1.29, 1.82) is 0 Å². The van der Waals surface area contributed by atoms with Crippen LogP contribution in [0, 0.1) is 13.8 Å². The minimum Gasteiger partial charge on any atom is -0.384 e. The van der Waals surface area contributed by atoms with Crippen molar-refractivity contribution in [1.82, 2.24) is 0 Å². The summed E-state index contributed by atoms with van der Waals surface area (Å²) in [6, 6.07) is 11.8. The number of carbonyl (C=O) groups is 1. The Morgan fingerprint density at radius 1 is 1.10 bits per heavy atom. The maximum Gasteiger partial charge on any atom is 0.231 e. The number of aryl methyl sites for hydroxylation is 2. The number of amides is 1. The first-order chi connectivity index (χ1) is 9.97. The molecule has 21 heavy (non-hydrogen) atoms. The molecule has 0 radical (unpaired) electrons. The second kappa shape index (κ2) is 5.01. The zero-order valence-corrected chi connectivity index (χ0v) is 12.5. The maximum atomic E-state index is 11.8. The summed E-state index contributed by atoms with van der Waals surface area (Å²) in [5.41, 5.74) is 5.72. The normalized spacial score (nSPS) is 18.3. The van der Waals surface area contributed by atoms with Gasteiger partial charge in [-0.15, -0.1) is 0 Å². The quantitative estimate of drug-likeness (QED) is 0.886. The third-order valence-corrected chi connectivity index (χ3v) is 4.21. The predicted octanol–water partition coefficient (Wildman–Crippen LogP) is 3.44. The molecule has 0 fully saturated rings. The van der Waals surface area contributed by atoms with Gasteiger partial charge >= 0.3 is 0 Å². The van der Waals surface area contributed by atoms with Crippen molar-refractivity contribution >= 4 is 11.6 Å². The molecule has 3 rings (SSSR count). The van der Waals surface area contributed by atoms with Crippen LogP contribution in [-0.4, -0.2) is 11.0 Å². The third kappa shape index (κ3) is 2.34. The Morgan fingerprint density at radius 3 is 2.43 bits per heavy atom. The summed E-state index contributed by atoms with van der Waals surface area (Å²) in [4.78, 5) is 11.8. The van der Waals surface area contributed by atoms with Crippen LogP contribution in [0.2, 0.25) is 0 Å². The van der Waals surface area contributed by atoms with Crippen LogP contribution in [-0.2, 0) is 4.79 Å². The van der Waals surface area contributed by atoms with Gasteiger partial charge in [-0.1, -0.05) is 35.9 Å². The van der Waals surface area contributed by atoms with E-state index in [0.717, 1.165) is 27.9 Å². The molecule has 0 bridgehead atoms. The number of rotatable bonds is 2. The van der Waals surface area contributed by atoms with Gasteiger partial charge in [-0.25, -0.2) is 0 Å². The van der Waals surface area contributed by atoms with Crippen molar-refractivity contribution in [2.24, 2.45) is 0 Å². The van der Waals surface area contributed by atoms with Crippen molar-refractivity contribution < 1.29 is 9.90 Å². The standard InChI is InChI=1S/C18H19NO2/c1-10-4-6-13(7-5-10)17(20)14-8-11(2)16-15(9-14)12(3)18(21)19-16/h4-9,12,17,20H,1-3H3,(H,19,21). The molecule has 0 aliphatic carbocycles. The van der Waals surface area contributed by atoms with Crippen LogP contribution in [0.5, 0.6) is 0 Å². The van der Waals surface area contributed by atoms with Gasteiger partial charge < -0.3 is 10.4 Å². The average Bonchev–Trinajstić information content (AvgIpc) is 2.76. The Balaban J connectivity index is 2.02. The molecule has 0 saturated carbocycles. The lowest BCUT2D eigenvalue weighted by Gasteiger charge is -2.15. The number of anilines is 1. The predicted molar refractivity (Wildman–Crippen MR) is 83.5 cm³/mol. The molecule has 1 amide bonds. The lowest BCUT2D eigenvalue weighted by Crippen LogP contribution is -2.08. The number of carbonyl (C=O) groups excluding carboxylic acids is 1. The first-order valence-corrected chi connectivity index (χ1v) is 7.17. The Kier molecular flexibility index (Phi) is 3.30. The van der Waals surface area contributed by atoms with Crippen LogP contribution >= 0.6 is 0 Å². The van der Waals surface area contributed by atoms with Crippen molar-refractivity contribution in [3.8, 4) is 0 Å². The zero-order valence-electron chi connectivity index (χ0n) is 12.5. The van der Waals surface area contributed by atoms with E-state index in [9.17, 15) is 9.90 Å². The second-order valence-corrected chi connectivity index (χ2v) is 5.83. The zero-order chi connectivity index (χ0) is 15.1. The molecule has 2 atom stereocenters. The third-order valence-electron chi connectivity index (χ3n) is 4.21. The fraction of sp³-hybridized carbons (Fsp3) is 0.278. The molecular formula is C18H19NO2. The Labute approximate surface area is 124 Å². The molecule has 3 heteroatoms. The van der Waals surface area contributed by atoms with E-state index in [-0.39, 0.29) is 11.8 Å². The molecule has 2 aromatic carbocycles. The molecular weight excluding hydrogens is 262 g/mol. The minimum absolute atomic E-state index is 0.0232. The summed E-state index contributed by atoms with van der Waals surface area (Å²) >= 11 is 0. The van der Waals surface area contributed by atoms with Crippen LogP contribution in [0.1, 0.15) is 46.8 Å². The van der Waals surface area contributed by atoms with E-state index in [1.807, 2.05) is 57.2 Å². The van der Waals surface area contributed by atoms with Crippen LogP contribution < -0.4 is 5.32 Å². The summed E-state index contributed by atoms with van der Waals surface area (Å²) in [5.74, 6) is -0.140. The van der Waals surface area contributed by atoms with E-state index in [0.29, 0.717) is 0 Å².